The summed E-state index contributed by atoms with van der Waals surface area (Å²) in [7, 11) is 0. The van der Waals surface area contributed by atoms with Crippen LogP contribution >= 0.6 is 15.9 Å². The molecule has 5 nitrogen and oxygen atoms in total. The number of carbonyl (C=O) groups is 2. The number of rotatable bonds is 4. The van der Waals surface area contributed by atoms with Gasteiger partial charge in [0.25, 0.3) is 5.91 Å². The first kappa shape index (κ1) is 16.0. The van der Waals surface area contributed by atoms with E-state index in [-0.39, 0.29) is 5.91 Å². The highest BCUT2D eigenvalue weighted by Crippen LogP contribution is 2.15. The van der Waals surface area contributed by atoms with Crippen LogP contribution in [-0.2, 0) is 4.79 Å². The van der Waals surface area contributed by atoms with Crippen molar-refractivity contribution in [2.75, 3.05) is 26.2 Å². The number of nitrogens with zero attached hydrogens (tertiary/aromatic N) is 2. The Morgan fingerprint density at radius 3 is 2.24 bits per heavy atom. The number of amides is 1. The molecule has 1 aliphatic heterocycles. The van der Waals surface area contributed by atoms with Gasteiger partial charge >= 0.3 is 5.97 Å². The first-order valence-electron chi connectivity index (χ1n) is 7.04. The molecule has 21 heavy (non-hydrogen) atoms. The first-order chi connectivity index (χ1) is 10.0. The Balaban J connectivity index is 1.96. The van der Waals surface area contributed by atoms with Gasteiger partial charge in [0.2, 0.25) is 0 Å². The highest BCUT2D eigenvalue weighted by molar-refractivity contribution is 9.10. The standard InChI is InChI=1S/C15H19BrN2O3/c1-2-13(15(20)21)17-7-9-18(10-8-17)14(19)11-3-5-12(16)6-4-11/h3-6,13H,2,7-10H2,1H3,(H,20,21). The number of carbonyl (C=O) groups excluding carboxylic acids is 1. The summed E-state index contributed by atoms with van der Waals surface area (Å²) >= 11 is 3.35. The molecule has 0 bridgehead atoms. The molecule has 1 aliphatic rings. The van der Waals surface area contributed by atoms with E-state index >= 15 is 0 Å². The predicted octanol–water partition coefficient (Wildman–Crippen LogP) is 2.07. The fourth-order valence-electron chi connectivity index (χ4n) is 2.60. The van der Waals surface area contributed by atoms with Crippen LogP contribution < -0.4 is 0 Å². The summed E-state index contributed by atoms with van der Waals surface area (Å²) in [5, 5.41) is 9.18. The molecule has 1 N–H and O–H groups in total. The van der Waals surface area contributed by atoms with E-state index in [2.05, 4.69) is 15.9 Å². The van der Waals surface area contributed by atoms with E-state index in [0.717, 1.165) is 4.47 Å². The molecule has 0 aromatic heterocycles. The van der Waals surface area contributed by atoms with Gasteiger partial charge in [-0.25, -0.2) is 0 Å². The van der Waals surface area contributed by atoms with Crippen molar-refractivity contribution >= 4 is 27.8 Å². The zero-order chi connectivity index (χ0) is 15.4. The van der Waals surface area contributed by atoms with Gasteiger partial charge in [-0.2, -0.15) is 0 Å². The lowest BCUT2D eigenvalue weighted by Crippen LogP contribution is -2.53. The maximum absolute atomic E-state index is 12.4. The van der Waals surface area contributed by atoms with E-state index in [0.29, 0.717) is 38.2 Å². The minimum Gasteiger partial charge on any atom is -0.480 e. The minimum atomic E-state index is -0.787. The Kier molecular flexibility index (Phi) is 5.36. The summed E-state index contributed by atoms with van der Waals surface area (Å²) in [5.74, 6) is -0.782. The molecule has 1 fully saturated rings. The monoisotopic (exact) mass is 354 g/mol. The summed E-state index contributed by atoms with van der Waals surface area (Å²) in [4.78, 5) is 27.3. The Labute approximate surface area is 132 Å². The normalized spacial score (nSPS) is 17.5. The lowest BCUT2D eigenvalue weighted by atomic mass is 10.1. The Bertz CT molecular complexity index is 510. The van der Waals surface area contributed by atoms with Crippen LogP contribution in [0.3, 0.4) is 0 Å². The molecule has 2 rings (SSSR count). The summed E-state index contributed by atoms with van der Waals surface area (Å²) in [6.07, 6.45) is 0.579. The van der Waals surface area contributed by atoms with Crippen LogP contribution in [0, 0.1) is 0 Å². The summed E-state index contributed by atoms with van der Waals surface area (Å²) in [5.41, 5.74) is 0.664. The number of hydrogen-bond donors (Lipinski definition) is 1. The Morgan fingerprint density at radius 2 is 1.76 bits per heavy atom. The van der Waals surface area contributed by atoms with Crippen LogP contribution in [0.1, 0.15) is 23.7 Å². The molecule has 1 unspecified atom stereocenters. The van der Waals surface area contributed by atoms with E-state index in [1.807, 2.05) is 24.0 Å². The first-order valence-corrected chi connectivity index (χ1v) is 7.84. The predicted molar refractivity (Wildman–Crippen MR) is 83.3 cm³/mol. The van der Waals surface area contributed by atoms with E-state index < -0.39 is 12.0 Å². The number of benzene rings is 1. The van der Waals surface area contributed by atoms with Crippen molar-refractivity contribution in [1.82, 2.24) is 9.80 Å². The molecular weight excluding hydrogens is 336 g/mol. The molecule has 0 spiro atoms. The van der Waals surface area contributed by atoms with Gasteiger partial charge in [0.1, 0.15) is 6.04 Å². The van der Waals surface area contributed by atoms with Gasteiger partial charge in [-0.1, -0.05) is 22.9 Å². The van der Waals surface area contributed by atoms with Crippen molar-refractivity contribution in [3.05, 3.63) is 34.3 Å². The second-order valence-corrected chi connectivity index (χ2v) is 6.01. The quantitative estimate of drug-likeness (QED) is 0.898. The zero-order valence-electron chi connectivity index (χ0n) is 12.0. The van der Waals surface area contributed by atoms with Gasteiger partial charge in [0, 0.05) is 36.2 Å². The maximum atomic E-state index is 12.4. The van der Waals surface area contributed by atoms with Crippen molar-refractivity contribution in [1.29, 1.82) is 0 Å². The molecule has 1 saturated heterocycles. The van der Waals surface area contributed by atoms with Crippen LogP contribution in [0.15, 0.2) is 28.7 Å². The van der Waals surface area contributed by atoms with Gasteiger partial charge in [-0.05, 0) is 30.7 Å². The third-order valence-corrected chi connectivity index (χ3v) is 4.33. The van der Waals surface area contributed by atoms with Crippen LogP contribution in [0.4, 0.5) is 0 Å². The topological polar surface area (TPSA) is 60.9 Å². The zero-order valence-corrected chi connectivity index (χ0v) is 13.5. The Morgan fingerprint density at radius 1 is 1.19 bits per heavy atom. The smallest absolute Gasteiger partial charge is 0.320 e. The van der Waals surface area contributed by atoms with Gasteiger partial charge < -0.3 is 10.0 Å². The molecule has 6 heteroatoms. The lowest BCUT2D eigenvalue weighted by Gasteiger charge is -2.37. The third kappa shape index (κ3) is 3.83. The van der Waals surface area contributed by atoms with Gasteiger partial charge in [-0.3, -0.25) is 14.5 Å². The van der Waals surface area contributed by atoms with Crippen molar-refractivity contribution < 1.29 is 14.7 Å². The summed E-state index contributed by atoms with van der Waals surface area (Å²) in [6.45, 7) is 4.22. The second kappa shape index (κ2) is 7.04. The highest BCUT2D eigenvalue weighted by Gasteiger charge is 2.29. The molecule has 0 radical (unpaired) electrons. The van der Waals surface area contributed by atoms with Crippen LogP contribution in [0.25, 0.3) is 0 Å². The van der Waals surface area contributed by atoms with Crippen molar-refractivity contribution in [2.45, 2.75) is 19.4 Å². The maximum Gasteiger partial charge on any atom is 0.320 e. The molecule has 0 aliphatic carbocycles. The SMILES string of the molecule is CCC(C(=O)O)N1CCN(C(=O)c2ccc(Br)cc2)CC1. The lowest BCUT2D eigenvalue weighted by molar-refractivity contribution is -0.144. The number of hydrogen-bond acceptors (Lipinski definition) is 3. The Hall–Kier alpha value is -1.40. The van der Waals surface area contributed by atoms with E-state index in [1.54, 1.807) is 17.0 Å². The van der Waals surface area contributed by atoms with Gasteiger partial charge in [-0.15, -0.1) is 0 Å². The average Bonchev–Trinajstić information content (AvgIpc) is 2.48. The van der Waals surface area contributed by atoms with Crippen LogP contribution in [0.5, 0.6) is 0 Å². The van der Waals surface area contributed by atoms with E-state index in [9.17, 15) is 14.7 Å². The van der Waals surface area contributed by atoms with E-state index in [1.165, 1.54) is 0 Å². The van der Waals surface area contributed by atoms with Crippen molar-refractivity contribution in [3.8, 4) is 0 Å². The number of halogens is 1. The van der Waals surface area contributed by atoms with Gasteiger partial charge in [0.15, 0.2) is 0 Å². The fourth-order valence-corrected chi connectivity index (χ4v) is 2.87. The molecular formula is C15H19BrN2O3. The highest BCUT2D eigenvalue weighted by atomic mass is 79.9. The van der Waals surface area contributed by atoms with Gasteiger partial charge in [0.05, 0.1) is 0 Å². The third-order valence-electron chi connectivity index (χ3n) is 3.81. The molecule has 0 saturated carbocycles. The second-order valence-electron chi connectivity index (χ2n) is 5.10. The minimum absolute atomic E-state index is 0.00511. The molecule has 1 atom stereocenters. The van der Waals surface area contributed by atoms with Crippen LogP contribution in [-0.4, -0.2) is 59.0 Å². The number of aliphatic carboxylic acids is 1. The molecule has 1 amide bonds. The molecule has 1 heterocycles. The van der Waals surface area contributed by atoms with E-state index in [4.69, 9.17) is 0 Å². The fraction of sp³-hybridized carbons (Fsp3) is 0.467. The largest absolute Gasteiger partial charge is 0.480 e. The number of carboxylic acid groups (broad SMARTS) is 1. The average molecular weight is 355 g/mol. The molecule has 1 aromatic carbocycles. The number of carboxylic acids is 1. The molecule has 114 valence electrons. The molecule has 1 aromatic rings. The van der Waals surface area contributed by atoms with Crippen molar-refractivity contribution in [3.63, 3.8) is 0 Å². The summed E-state index contributed by atoms with van der Waals surface area (Å²) in [6, 6.07) is 6.84. The number of piperazine rings is 1. The van der Waals surface area contributed by atoms with Crippen molar-refractivity contribution in [2.24, 2.45) is 0 Å². The van der Waals surface area contributed by atoms with Crippen LogP contribution in [0.2, 0.25) is 0 Å². The summed E-state index contributed by atoms with van der Waals surface area (Å²) < 4.78 is 0.941.